The fourth-order valence-corrected chi connectivity index (χ4v) is 1.76. The lowest BCUT2D eigenvalue weighted by atomic mass is 10.3. The molecule has 18 heavy (non-hydrogen) atoms. The molecular weight excluding hydrogens is 296 g/mol. The van der Waals surface area contributed by atoms with E-state index in [2.05, 4.69) is 20.9 Å². The van der Waals surface area contributed by atoms with Crippen molar-refractivity contribution < 1.29 is 9.47 Å². The summed E-state index contributed by atoms with van der Waals surface area (Å²) in [6.45, 7) is 0. The summed E-state index contributed by atoms with van der Waals surface area (Å²) in [6, 6.07) is 10.7. The van der Waals surface area contributed by atoms with Crippen LogP contribution in [0.3, 0.4) is 0 Å². The molecule has 0 bridgehead atoms. The summed E-state index contributed by atoms with van der Waals surface area (Å²) in [5.74, 6) is 1.97. The molecular formula is C13H9BrN2O2. The largest absolute Gasteiger partial charge is 0.497 e. The maximum Gasteiger partial charge on any atom is 0.145 e. The number of aromatic nitrogens is 1. The van der Waals surface area contributed by atoms with Crippen LogP contribution in [0.2, 0.25) is 0 Å². The number of hydrogen-bond acceptors (Lipinski definition) is 4. The van der Waals surface area contributed by atoms with Crippen molar-refractivity contribution in [2.24, 2.45) is 0 Å². The van der Waals surface area contributed by atoms with E-state index in [0.29, 0.717) is 17.2 Å². The van der Waals surface area contributed by atoms with Gasteiger partial charge in [0.1, 0.15) is 29.0 Å². The van der Waals surface area contributed by atoms with Crippen molar-refractivity contribution >= 4 is 15.9 Å². The first-order valence-electron chi connectivity index (χ1n) is 5.10. The Morgan fingerprint density at radius 2 is 2.00 bits per heavy atom. The topological polar surface area (TPSA) is 55.1 Å². The van der Waals surface area contributed by atoms with E-state index in [9.17, 15) is 0 Å². The highest BCUT2D eigenvalue weighted by Gasteiger charge is 2.05. The number of hydrogen-bond donors (Lipinski definition) is 0. The molecule has 1 aromatic carbocycles. The van der Waals surface area contributed by atoms with Crippen LogP contribution in [-0.2, 0) is 0 Å². The molecule has 1 aromatic heterocycles. The van der Waals surface area contributed by atoms with Crippen LogP contribution in [0.15, 0.2) is 41.0 Å². The molecule has 0 fully saturated rings. The fraction of sp³-hybridized carbons (Fsp3) is 0.0769. The number of methoxy groups -OCH3 is 1. The van der Waals surface area contributed by atoms with Gasteiger partial charge in [-0.15, -0.1) is 0 Å². The highest BCUT2D eigenvalue weighted by atomic mass is 79.9. The molecule has 0 amide bonds. The van der Waals surface area contributed by atoms with Crippen molar-refractivity contribution in [2.75, 3.05) is 7.11 Å². The van der Waals surface area contributed by atoms with Crippen LogP contribution in [0.4, 0.5) is 0 Å². The molecule has 0 N–H and O–H groups in total. The van der Waals surface area contributed by atoms with E-state index in [1.807, 2.05) is 12.1 Å². The van der Waals surface area contributed by atoms with Crippen LogP contribution in [0.5, 0.6) is 17.2 Å². The van der Waals surface area contributed by atoms with Gasteiger partial charge in [0.15, 0.2) is 0 Å². The molecule has 0 aliphatic rings. The minimum atomic E-state index is 0.358. The second-order valence-corrected chi connectivity index (χ2v) is 4.24. The molecule has 90 valence electrons. The van der Waals surface area contributed by atoms with Crippen LogP contribution < -0.4 is 9.47 Å². The van der Waals surface area contributed by atoms with E-state index in [1.54, 1.807) is 31.4 Å². The monoisotopic (exact) mass is 304 g/mol. The number of nitrogens with zero attached hydrogens (tertiary/aromatic N) is 2. The van der Waals surface area contributed by atoms with Crippen LogP contribution in [-0.4, -0.2) is 12.1 Å². The number of rotatable bonds is 3. The first kappa shape index (κ1) is 12.4. The molecule has 0 unspecified atom stereocenters. The predicted octanol–water partition coefficient (Wildman–Crippen LogP) is 3.52. The minimum absolute atomic E-state index is 0.358. The van der Waals surface area contributed by atoms with Crippen molar-refractivity contribution in [1.29, 1.82) is 5.26 Å². The maximum absolute atomic E-state index is 8.65. The van der Waals surface area contributed by atoms with Crippen LogP contribution >= 0.6 is 15.9 Å². The SMILES string of the molecule is COc1ccc(Oc2ccc(C#N)nc2)c(Br)c1. The van der Waals surface area contributed by atoms with Crippen molar-refractivity contribution in [2.45, 2.75) is 0 Å². The van der Waals surface area contributed by atoms with E-state index in [1.165, 1.54) is 6.20 Å². The molecule has 1 heterocycles. The number of benzene rings is 1. The van der Waals surface area contributed by atoms with Gasteiger partial charge in [-0.05, 0) is 46.3 Å². The number of nitriles is 1. The zero-order valence-corrected chi connectivity index (χ0v) is 11.1. The molecule has 2 aromatic rings. The van der Waals surface area contributed by atoms with E-state index in [0.717, 1.165) is 10.2 Å². The van der Waals surface area contributed by atoms with Gasteiger partial charge in [0.25, 0.3) is 0 Å². The van der Waals surface area contributed by atoms with Gasteiger partial charge in [-0.3, -0.25) is 0 Å². The van der Waals surface area contributed by atoms with Gasteiger partial charge in [-0.2, -0.15) is 5.26 Å². The lowest BCUT2D eigenvalue weighted by molar-refractivity contribution is 0.412. The average Bonchev–Trinajstić information content (AvgIpc) is 2.42. The highest BCUT2D eigenvalue weighted by molar-refractivity contribution is 9.10. The Morgan fingerprint density at radius 1 is 1.22 bits per heavy atom. The third-order valence-electron chi connectivity index (χ3n) is 2.22. The molecule has 4 nitrogen and oxygen atoms in total. The number of halogens is 1. The van der Waals surface area contributed by atoms with E-state index >= 15 is 0 Å². The molecule has 0 saturated heterocycles. The van der Waals surface area contributed by atoms with E-state index in [4.69, 9.17) is 14.7 Å². The van der Waals surface area contributed by atoms with Crippen LogP contribution in [0, 0.1) is 11.3 Å². The summed E-state index contributed by atoms with van der Waals surface area (Å²) in [5.41, 5.74) is 0.358. The van der Waals surface area contributed by atoms with Gasteiger partial charge in [-0.1, -0.05) is 0 Å². The minimum Gasteiger partial charge on any atom is -0.497 e. The second-order valence-electron chi connectivity index (χ2n) is 3.39. The molecule has 2 rings (SSSR count). The molecule has 0 spiro atoms. The number of ether oxygens (including phenoxy) is 2. The second kappa shape index (κ2) is 5.52. The summed E-state index contributed by atoms with van der Waals surface area (Å²) in [7, 11) is 1.60. The van der Waals surface area contributed by atoms with Gasteiger partial charge in [0.05, 0.1) is 17.8 Å². The highest BCUT2D eigenvalue weighted by Crippen LogP contribution is 2.32. The van der Waals surface area contributed by atoms with Crippen molar-refractivity contribution in [3.63, 3.8) is 0 Å². The Kier molecular flexibility index (Phi) is 3.80. The van der Waals surface area contributed by atoms with Gasteiger partial charge >= 0.3 is 0 Å². The van der Waals surface area contributed by atoms with E-state index < -0.39 is 0 Å². The molecule has 0 aliphatic heterocycles. The van der Waals surface area contributed by atoms with Gasteiger partial charge < -0.3 is 9.47 Å². The molecule has 0 radical (unpaired) electrons. The summed E-state index contributed by atoms with van der Waals surface area (Å²) in [6.07, 6.45) is 1.51. The molecule has 0 aliphatic carbocycles. The zero-order valence-electron chi connectivity index (χ0n) is 9.55. The standard InChI is InChI=1S/C13H9BrN2O2/c1-17-10-4-5-13(12(14)6-10)18-11-3-2-9(7-15)16-8-11/h2-6,8H,1H3. The maximum atomic E-state index is 8.65. The predicted molar refractivity (Wildman–Crippen MR) is 69.7 cm³/mol. The normalized spacial score (nSPS) is 9.61. The third-order valence-corrected chi connectivity index (χ3v) is 2.84. The first-order chi connectivity index (χ1) is 8.72. The van der Waals surface area contributed by atoms with Gasteiger partial charge in [0.2, 0.25) is 0 Å². The first-order valence-corrected chi connectivity index (χ1v) is 5.90. The zero-order chi connectivity index (χ0) is 13.0. The summed E-state index contributed by atoms with van der Waals surface area (Å²) < 4.78 is 11.5. The average molecular weight is 305 g/mol. The van der Waals surface area contributed by atoms with Crippen LogP contribution in [0.1, 0.15) is 5.69 Å². The lowest BCUT2D eigenvalue weighted by Crippen LogP contribution is -1.89. The fourth-order valence-electron chi connectivity index (χ4n) is 1.33. The van der Waals surface area contributed by atoms with Gasteiger partial charge in [0, 0.05) is 0 Å². The molecule has 0 atom stereocenters. The lowest BCUT2D eigenvalue weighted by Gasteiger charge is -2.08. The third kappa shape index (κ3) is 2.79. The van der Waals surface area contributed by atoms with Crippen LogP contribution in [0.25, 0.3) is 0 Å². The molecule has 0 saturated carbocycles. The Hall–Kier alpha value is -2.06. The van der Waals surface area contributed by atoms with Gasteiger partial charge in [-0.25, -0.2) is 4.98 Å². The summed E-state index contributed by atoms with van der Waals surface area (Å²) >= 11 is 3.40. The van der Waals surface area contributed by atoms with Crippen molar-refractivity contribution in [3.05, 3.63) is 46.7 Å². The summed E-state index contributed by atoms with van der Waals surface area (Å²) in [4.78, 5) is 3.93. The Balaban J connectivity index is 2.20. The Labute approximate surface area is 113 Å². The quantitative estimate of drug-likeness (QED) is 0.870. The van der Waals surface area contributed by atoms with Crippen molar-refractivity contribution in [3.8, 4) is 23.3 Å². The number of pyridine rings is 1. The summed E-state index contributed by atoms with van der Waals surface area (Å²) in [5, 5.41) is 8.65. The Morgan fingerprint density at radius 3 is 2.56 bits per heavy atom. The smallest absolute Gasteiger partial charge is 0.145 e. The molecule has 5 heteroatoms. The van der Waals surface area contributed by atoms with Crippen molar-refractivity contribution in [1.82, 2.24) is 4.98 Å². The van der Waals surface area contributed by atoms with E-state index in [-0.39, 0.29) is 0 Å². The Bertz CT molecular complexity index is 591.